The highest BCUT2D eigenvalue weighted by molar-refractivity contribution is 7.13. The van der Waals surface area contributed by atoms with Crippen LogP contribution in [-0.2, 0) is 0 Å². The van der Waals surface area contributed by atoms with Gasteiger partial charge in [0.2, 0.25) is 5.01 Å². The summed E-state index contributed by atoms with van der Waals surface area (Å²) in [5.41, 5.74) is 0.673. The van der Waals surface area contributed by atoms with E-state index in [0.29, 0.717) is 23.8 Å². The summed E-state index contributed by atoms with van der Waals surface area (Å²) in [6.07, 6.45) is 1.64. The molecule has 150 valence electrons. The number of carbonyl (C=O) groups excluding carboxylic acids is 2. The van der Waals surface area contributed by atoms with E-state index in [-0.39, 0.29) is 23.9 Å². The van der Waals surface area contributed by atoms with Crippen molar-refractivity contribution in [2.24, 2.45) is 0 Å². The van der Waals surface area contributed by atoms with Gasteiger partial charge in [-0.15, -0.1) is 10.2 Å². The van der Waals surface area contributed by atoms with Crippen LogP contribution in [0.4, 0.5) is 10.5 Å². The number of amides is 3. The van der Waals surface area contributed by atoms with Gasteiger partial charge < -0.3 is 20.3 Å². The third kappa shape index (κ3) is 4.98. The van der Waals surface area contributed by atoms with E-state index < -0.39 is 0 Å². The first kappa shape index (κ1) is 20.1. The number of piperidine rings is 1. The number of urea groups is 1. The average molecular weight is 404 g/mol. The summed E-state index contributed by atoms with van der Waals surface area (Å²) in [4.78, 5) is 26.3. The van der Waals surface area contributed by atoms with E-state index >= 15 is 0 Å². The number of benzene rings is 1. The number of ether oxygens (including phenoxy) is 1. The standard InChI is InChI=1S/C19H25N5O3S/c1-12(2)20-19(26)24-10-8-13(9-11-24)17-22-23-18(28-17)16(25)21-14-4-6-15(27-3)7-5-14/h4-7,12-13H,8-11H2,1-3H3,(H,20,26)(H,21,25). The Morgan fingerprint density at radius 2 is 1.86 bits per heavy atom. The molecule has 0 atom stereocenters. The molecule has 2 heterocycles. The van der Waals surface area contributed by atoms with Gasteiger partial charge in [0.1, 0.15) is 10.8 Å². The molecule has 28 heavy (non-hydrogen) atoms. The Morgan fingerprint density at radius 1 is 1.18 bits per heavy atom. The Hall–Kier alpha value is -2.68. The van der Waals surface area contributed by atoms with Gasteiger partial charge in [-0.3, -0.25) is 4.79 Å². The molecule has 3 rings (SSSR count). The summed E-state index contributed by atoms with van der Waals surface area (Å²) in [6, 6.07) is 7.22. The summed E-state index contributed by atoms with van der Waals surface area (Å²) in [6.45, 7) is 5.25. The van der Waals surface area contributed by atoms with Gasteiger partial charge in [0.15, 0.2) is 0 Å². The highest BCUT2D eigenvalue weighted by Gasteiger charge is 2.27. The molecule has 0 aliphatic carbocycles. The molecule has 1 aliphatic heterocycles. The van der Waals surface area contributed by atoms with Crippen LogP contribution in [0, 0.1) is 0 Å². The average Bonchev–Trinajstić information content (AvgIpc) is 3.18. The monoisotopic (exact) mass is 403 g/mol. The Labute approximate surface area is 168 Å². The van der Waals surface area contributed by atoms with Crippen LogP contribution in [0.1, 0.15) is 47.4 Å². The highest BCUT2D eigenvalue weighted by Crippen LogP contribution is 2.30. The zero-order valence-electron chi connectivity index (χ0n) is 16.3. The molecule has 9 heteroatoms. The molecule has 0 bridgehead atoms. The number of anilines is 1. The number of nitrogens with one attached hydrogen (secondary N) is 2. The van der Waals surface area contributed by atoms with Gasteiger partial charge in [0.05, 0.1) is 7.11 Å². The molecule has 1 aromatic carbocycles. The number of rotatable bonds is 5. The summed E-state index contributed by atoms with van der Waals surface area (Å²) in [5, 5.41) is 15.2. The van der Waals surface area contributed by atoms with Gasteiger partial charge in [0.25, 0.3) is 5.91 Å². The molecule has 0 spiro atoms. The zero-order valence-corrected chi connectivity index (χ0v) is 17.1. The topological polar surface area (TPSA) is 96.4 Å². The molecular formula is C19H25N5O3S. The smallest absolute Gasteiger partial charge is 0.317 e. The van der Waals surface area contributed by atoms with Crippen molar-refractivity contribution in [3.8, 4) is 5.75 Å². The van der Waals surface area contributed by atoms with E-state index in [0.717, 1.165) is 23.6 Å². The van der Waals surface area contributed by atoms with Gasteiger partial charge in [-0.25, -0.2) is 4.79 Å². The summed E-state index contributed by atoms with van der Waals surface area (Å²) in [5.74, 6) is 0.676. The molecule has 2 N–H and O–H groups in total. The van der Waals surface area contributed by atoms with Crippen LogP contribution in [0.3, 0.4) is 0 Å². The molecule has 8 nitrogen and oxygen atoms in total. The lowest BCUT2D eigenvalue weighted by Gasteiger charge is -2.31. The number of hydrogen-bond acceptors (Lipinski definition) is 6. The molecule has 3 amide bonds. The van der Waals surface area contributed by atoms with Crippen LogP contribution >= 0.6 is 11.3 Å². The van der Waals surface area contributed by atoms with Gasteiger partial charge >= 0.3 is 6.03 Å². The molecule has 2 aromatic rings. The quantitative estimate of drug-likeness (QED) is 0.800. The third-order valence-corrected chi connectivity index (χ3v) is 5.61. The Kier molecular flexibility index (Phi) is 6.45. The number of likely N-dealkylation sites (tertiary alicyclic amines) is 1. The first-order chi connectivity index (χ1) is 13.5. The maximum absolute atomic E-state index is 12.4. The van der Waals surface area contributed by atoms with Crippen LogP contribution in [0.5, 0.6) is 5.75 Å². The predicted octanol–water partition coefficient (Wildman–Crippen LogP) is 3.10. The maximum atomic E-state index is 12.4. The Balaban J connectivity index is 1.55. The van der Waals surface area contributed by atoms with E-state index in [1.807, 2.05) is 18.7 Å². The number of carbonyl (C=O) groups is 2. The third-order valence-electron chi connectivity index (χ3n) is 4.53. The highest BCUT2D eigenvalue weighted by atomic mass is 32.1. The fraction of sp³-hybridized carbons (Fsp3) is 0.474. The van der Waals surface area contributed by atoms with E-state index in [1.165, 1.54) is 11.3 Å². The molecule has 1 fully saturated rings. The lowest BCUT2D eigenvalue weighted by atomic mass is 9.98. The fourth-order valence-corrected chi connectivity index (χ4v) is 3.93. The summed E-state index contributed by atoms with van der Waals surface area (Å²) < 4.78 is 5.11. The lowest BCUT2D eigenvalue weighted by Crippen LogP contribution is -2.46. The molecule has 1 saturated heterocycles. The zero-order chi connectivity index (χ0) is 20.1. The van der Waals surface area contributed by atoms with Crippen molar-refractivity contribution >= 4 is 29.0 Å². The van der Waals surface area contributed by atoms with Crippen LogP contribution < -0.4 is 15.4 Å². The van der Waals surface area contributed by atoms with E-state index in [2.05, 4.69) is 20.8 Å². The molecular weight excluding hydrogens is 378 g/mol. The van der Waals surface area contributed by atoms with Crippen LogP contribution in [0.2, 0.25) is 0 Å². The minimum absolute atomic E-state index is 0.0229. The van der Waals surface area contributed by atoms with Gasteiger partial charge in [0, 0.05) is 30.7 Å². The van der Waals surface area contributed by atoms with Crippen LogP contribution in [-0.4, -0.2) is 53.3 Å². The van der Waals surface area contributed by atoms with E-state index in [9.17, 15) is 9.59 Å². The summed E-state index contributed by atoms with van der Waals surface area (Å²) in [7, 11) is 1.59. The van der Waals surface area contributed by atoms with E-state index in [4.69, 9.17) is 4.74 Å². The van der Waals surface area contributed by atoms with E-state index in [1.54, 1.807) is 31.4 Å². The second kappa shape index (κ2) is 9.01. The predicted molar refractivity (Wildman–Crippen MR) is 108 cm³/mol. The number of methoxy groups -OCH3 is 1. The van der Waals surface area contributed by atoms with Crippen molar-refractivity contribution < 1.29 is 14.3 Å². The van der Waals surface area contributed by atoms with Crippen molar-refractivity contribution in [2.75, 3.05) is 25.5 Å². The van der Waals surface area contributed by atoms with Crippen molar-refractivity contribution in [3.63, 3.8) is 0 Å². The second-order valence-corrected chi connectivity index (χ2v) is 8.00. The van der Waals surface area contributed by atoms with Crippen molar-refractivity contribution in [1.29, 1.82) is 0 Å². The first-order valence-electron chi connectivity index (χ1n) is 9.30. The molecule has 0 saturated carbocycles. The maximum Gasteiger partial charge on any atom is 0.317 e. The number of nitrogens with zero attached hydrogens (tertiary/aromatic N) is 3. The van der Waals surface area contributed by atoms with Crippen LogP contribution in [0.15, 0.2) is 24.3 Å². The molecule has 0 radical (unpaired) electrons. The Morgan fingerprint density at radius 3 is 2.46 bits per heavy atom. The molecule has 1 aliphatic rings. The normalized spacial score (nSPS) is 14.8. The van der Waals surface area contributed by atoms with Crippen molar-refractivity contribution in [1.82, 2.24) is 20.4 Å². The minimum Gasteiger partial charge on any atom is -0.497 e. The van der Waals surface area contributed by atoms with Gasteiger partial charge in [-0.2, -0.15) is 0 Å². The largest absolute Gasteiger partial charge is 0.497 e. The molecule has 1 aromatic heterocycles. The number of hydrogen-bond donors (Lipinski definition) is 2. The molecule has 0 unspecified atom stereocenters. The minimum atomic E-state index is -0.275. The van der Waals surface area contributed by atoms with Gasteiger partial charge in [-0.1, -0.05) is 11.3 Å². The second-order valence-electron chi connectivity index (χ2n) is 6.99. The SMILES string of the molecule is COc1ccc(NC(=O)c2nnc(C3CCN(C(=O)NC(C)C)CC3)s2)cc1. The lowest BCUT2D eigenvalue weighted by molar-refractivity contribution is 0.102. The van der Waals surface area contributed by atoms with Crippen molar-refractivity contribution in [3.05, 3.63) is 34.3 Å². The summed E-state index contributed by atoms with van der Waals surface area (Å²) >= 11 is 1.32. The first-order valence-corrected chi connectivity index (χ1v) is 10.1. The van der Waals surface area contributed by atoms with Crippen molar-refractivity contribution in [2.45, 2.75) is 38.6 Å². The van der Waals surface area contributed by atoms with Gasteiger partial charge in [-0.05, 0) is 51.0 Å². The fourth-order valence-electron chi connectivity index (χ4n) is 3.02. The Bertz CT molecular complexity index is 813. The van der Waals surface area contributed by atoms with Crippen LogP contribution in [0.25, 0.3) is 0 Å². The number of aromatic nitrogens is 2.